The van der Waals surface area contributed by atoms with E-state index in [1.807, 2.05) is 18.2 Å². The van der Waals surface area contributed by atoms with E-state index in [0.29, 0.717) is 28.8 Å². The van der Waals surface area contributed by atoms with Crippen LogP contribution in [0, 0.1) is 0 Å². The van der Waals surface area contributed by atoms with Gasteiger partial charge in [0.05, 0.1) is 11.9 Å². The zero-order valence-corrected chi connectivity index (χ0v) is 12.5. The van der Waals surface area contributed by atoms with Crippen LogP contribution >= 0.6 is 0 Å². The molecule has 0 bridgehead atoms. The average Bonchev–Trinajstić information content (AvgIpc) is 3.16. The van der Waals surface area contributed by atoms with E-state index in [9.17, 15) is 9.90 Å². The smallest absolute Gasteiger partial charge is 0.374 e. The van der Waals surface area contributed by atoms with Gasteiger partial charge in [-0.2, -0.15) is 0 Å². The van der Waals surface area contributed by atoms with Crippen LogP contribution in [-0.2, 0) is 6.42 Å². The number of nitrogens with one attached hydrogen (secondary N) is 1. The molecule has 1 aliphatic rings. The van der Waals surface area contributed by atoms with Crippen LogP contribution < -0.4 is 5.32 Å². The molecule has 3 N–H and O–H groups in total. The van der Waals surface area contributed by atoms with Gasteiger partial charge in [-0.1, -0.05) is 11.2 Å². The molecule has 0 atom stereocenters. The van der Waals surface area contributed by atoms with Gasteiger partial charge in [0.1, 0.15) is 5.69 Å². The first-order valence-electron chi connectivity index (χ1n) is 7.38. The Bertz CT molecular complexity index is 991. The summed E-state index contributed by atoms with van der Waals surface area (Å²) in [4.78, 5) is 15.4. The minimum absolute atomic E-state index is 0.156. The Morgan fingerprint density at radius 3 is 2.96 bits per heavy atom. The molecule has 2 aromatic heterocycles. The molecule has 0 spiro atoms. The first kappa shape index (κ1) is 14.3. The Morgan fingerprint density at radius 2 is 2.17 bits per heavy atom. The van der Waals surface area contributed by atoms with Crippen molar-refractivity contribution >= 4 is 34.0 Å². The first-order chi connectivity index (χ1) is 11.7. The van der Waals surface area contributed by atoms with E-state index in [4.69, 9.17) is 9.62 Å². The maximum absolute atomic E-state index is 11.5. The molecular weight excluding hydrogens is 310 g/mol. The van der Waals surface area contributed by atoms with E-state index in [-0.39, 0.29) is 5.76 Å². The lowest BCUT2D eigenvalue weighted by molar-refractivity contribution is 0.0666. The lowest BCUT2D eigenvalue weighted by Crippen LogP contribution is -2.00. The van der Waals surface area contributed by atoms with Crippen molar-refractivity contribution in [2.75, 3.05) is 5.32 Å². The van der Waals surface area contributed by atoms with E-state index in [2.05, 4.69) is 15.5 Å². The highest BCUT2D eigenvalue weighted by Gasteiger charge is 2.22. The highest BCUT2D eigenvalue weighted by atomic mass is 16.4. The predicted octanol–water partition coefficient (Wildman–Crippen LogP) is 3.39. The molecule has 7 nitrogen and oxygen atoms in total. The number of nitrogens with zero attached hydrogens (tertiary/aromatic N) is 2. The zero-order valence-electron chi connectivity index (χ0n) is 12.5. The zero-order chi connectivity index (χ0) is 16.7. The summed E-state index contributed by atoms with van der Waals surface area (Å²) in [6, 6.07) is 7.32. The van der Waals surface area contributed by atoms with Crippen LogP contribution in [0.15, 0.2) is 46.2 Å². The standard InChI is InChI=1S/C17H13N3O4/c21-17(22)16-15(12-5-6-18-8-14(12)24-16)19-10-2-3-11-9(7-10)1-4-13(11)20-23/h2-3,5-8,19,23H,1,4H2,(H,21,22). The number of pyridine rings is 1. The number of aromatic nitrogens is 1. The minimum Gasteiger partial charge on any atom is -0.475 e. The Balaban J connectivity index is 1.78. The van der Waals surface area contributed by atoms with Gasteiger partial charge >= 0.3 is 5.97 Å². The normalized spacial score (nSPS) is 14.9. The predicted molar refractivity (Wildman–Crippen MR) is 87.3 cm³/mol. The number of carbonyl (C=O) groups is 1. The maximum Gasteiger partial charge on any atom is 0.374 e. The molecular formula is C17H13N3O4. The second kappa shape index (κ2) is 5.38. The summed E-state index contributed by atoms with van der Waals surface area (Å²) >= 11 is 0. The van der Waals surface area contributed by atoms with E-state index < -0.39 is 5.97 Å². The number of anilines is 2. The fraction of sp³-hybridized carbons (Fsp3) is 0.118. The molecule has 4 rings (SSSR count). The number of oxime groups is 1. The SMILES string of the molecule is O=C(O)c1oc2cnccc2c1Nc1ccc2c(c1)CCC2=NO. The van der Waals surface area contributed by atoms with Gasteiger partial charge in [-0.3, -0.25) is 4.98 Å². The third-order valence-corrected chi connectivity index (χ3v) is 4.12. The summed E-state index contributed by atoms with van der Waals surface area (Å²) in [5, 5.41) is 25.5. The summed E-state index contributed by atoms with van der Waals surface area (Å²) < 4.78 is 5.38. The fourth-order valence-electron chi connectivity index (χ4n) is 3.02. The van der Waals surface area contributed by atoms with Gasteiger partial charge < -0.3 is 20.0 Å². The van der Waals surface area contributed by atoms with E-state index in [1.165, 1.54) is 6.20 Å². The van der Waals surface area contributed by atoms with Gasteiger partial charge in [-0.15, -0.1) is 0 Å². The third-order valence-electron chi connectivity index (χ3n) is 4.12. The number of furan rings is 1. The molecule has 0 unspecified atom stereocenters. The van der Waals surface area contributed by atoms with Crippen molar-refractivity contribution in [3.8, 4) is 0 Å². The number of aromatic carboxylic acids is 1. The molecule has 0 amide bonds. The van der Waals surface area contributed by atoms with Crippen molar-refractivity contribution in [2.24, 2.45) is 5.16 Å². The van der Waals surface area contributed by atoms with Crippen molar-refractivity contribution in [3.05, 3.63) is 53.5 Å². The van der Waals surface area contributed by atoms with Crippen LogP contribution in [0.25, 0.3) is 11.0 Å². The lowest BCUT2D eigenvalue weighted by Gasteiger charge is -2.08. The molecule has 1 aromatic carbocycles. The summed E-state index contributed by atoms with van der Waals surface area (Å²) in [6.07, 6.45) is 4.54. The van der Waals surface area contributed by atoms with Crippen molar-refractivity contribution < 1.29 is 19.5 Å². The van der Waals surface area contributed by atoms with Gasteiger partial charge in [-0.25, -0.2) is 4.79 Å². The minimum atomic E-state index is -1.15. The Morgan fingerprint density at radius 1 is 1.29 bits per heavy atom. The van der Waals surface area contributed by atoms with Gasteiger partial charge in [0.25, 0.3) is 0 Å². The largest absolute Gasteiger partial charge is 0.475 e. The number of fused-ring (bicyclic) bond motifs is 2. The van der Waals surface area contributed by atoms with Gasteiger partial charge in [-0.05, 0) is 36.6 Å². The Labute approximate surface area is 136 Å². The molecule has 0 saturated carbocycles. The second-order valence-electron chi connectivity index (χ2n) is 5.53. The molecule has 120 valence electrons. The van der Waals surface area contributed by atoms with Gasteiger partial charge in [0.2, 0.25) is 5.76 Å². The van der Waals surface area contributed by atoms with Crippen molar-refractivity contribution in [1.82, 2.24) is 4.98 Å². The van der Waals surface area contributed by atoms with Crippen LogP contribution in [0.1, 0.15) is 28.1 Å². The van der Waals surface area contributed by atoms with Crippen LogP contribution in [0.4, 0.5) is 11.4 Å². The Kier molecular flexibility index (Phi) is 3.19. The van der Waals surface area contributed by atoms with Crippen LogP contribution in [0.3, 0.4) is 0 Å². The first-order valence-corrected chi connectivity index (χ1v) is 7.38. The average molecular weight is 323 g/mol. The number of rotatable bonds is 3. The summed E-state index contributed by atoms with van der Waals surface area (Å²) in [6.45, 7) is 0. The molecule has 0 aliphatic heterocycles. The number of hydrogen-bond donors (Lipinski definition) is 3. The molecule has 0 saturated heterocycles. The number of benzene rings is 1. The highest BCUT2D eigenvalue weighted by molar-refractivity contribution is 6.06. The molecule has 2 heterocycles. The summed E-state index contributed by atoms with van der Waals surface area (Å²) in [5.74, 6) is -1.30. The van der Waals surface area contributed by atoms with E-state index >= 15 is 0 Å². The van der Waals surface area contributed by atoms with Crippen LogP contribution in [-0.4, -0.2) is 27.0 Å². The highest BCUT2D eigenvalue weighted by Crippen LogP contribution is 2.34. The second-order valence-corrected chi connectivity index (χ2v) is 5.53. The van der Waals surface area contributed by atoms with Crippen LogP contribution in [0.5, 0.6) is 0 Å². The summed E-state index contributed by atoms with van der Waals surface area (Å²) in [5.41, 5.74) is 4.20. The van der Waals surface area contributed by atoms with E-state index in [1.54, 1.807) is 12.3 Å². The molecule has 1 aliphatic carbocycles. The number of aryl methyl sites for hydroxylation is 1. The van der Waals surface area contributed by atoms with E-state index in [0.717, 1.165) is 23.2 Å². The molecule has 0 radical (unpaired) electrons. The fourth-order valence-corrected chi connectivity index (χ4v) is 3.02. The number of carboxylic acids is 1. The maximum atomic E-state index is 11.5. The van der Waals surface area contributed by atoms with Gasteiger partial charge in [0, 0.05) is 22.8 Å². The third kappa shape index (κ3) is 2.18. The quantitative estimate of drug-likeness (QED) is 0.503. The molecule has 24 heavy (non-hydrogen) atoms. The number of carboxylic acid groups (broad SMARTS) is 1. The van der Waals surface area contributed by atoms with Crippen molar-refractivity contribution in [2.45, 2.75) is 12.8 Å². The monoisotopic (exact) mass is 323 g/mol. The lowest BCUT2D eigenvalue weighted by atomic mass is 10.1. The Hall–Kier alpha value is -3.35. The summed E-state index contributed by atoms with van der Waals surface area (Å²) in [7, 11) is 0. The molecule has 3 aromatic rings. The topological polar surface area (TPSA) is 108 Å². The van der Waals surface area contributed by atoms with Crippen molar-refractivity contribution in [1.29, 1.82) is 0 Å². The number of hydrogen-bond acceptors (Lipinski definition) is 6. The van der Waals surface area contributed by atoms with Crippen LogP contribution in [0.2, 0.25) is 0 Å². The molecule has 7 heteroatoms. The van der Waals surface area contributed by atoms with Gasteiger partial charge in [0.15, 0.2) is 5.58 Å². The molecule has 0 fully saturated rings. The van der Waals surface area contributed by atoms with Crippen molar-refractivity contribution in [3.63, 3.8) is 0 Å².